The molecule has 1 aromatic rings. The van der Waals surface area contributed by atoms with Crippen LogP contribution in [-0.4, -0.2) is 26.3 Å². The predicted molar refractivity (Wildman–Crippen MR) is 84.7 cm³/mol. The molecule has 0 aliphatic carbocycles. The van der Waals surface area contributed by atoms with Crippen LogP contribution in [0.1, 0.15) is 46.0 Å². The van der Waals surface area contributed by atoms with E-state index in [1.54, 1.807) is 7.11 Å². The van der Waals surface area contributed by atoms with Crippen LogP contribution in [0.15, 0.2) is 24.3 Å². The minimum atomic E-state index is 0.180. The van der Waals surface area contributed by atoms with E-state index in [0.29, 0.717) is 0 Å². The van der Waals surface area contributed by atoms with Gasteiger partial charge in [-0.25, -0.2) is 0 Å². The van der Waals surface area contributed by atoms with E-state index in [1.165, 1.54) is 32.1 Å². The highest BCUT2D eigenvalue weighted by Gasteiger charge is 2.03. The van der Waals surface area contributed by atoms with Gasteiger partial charge in [0, 0.05) is 6.54 Å². The Labute approximate surface area is 123 Å². The fourth-order valence-corrected chi connectivity index (χ4v) is 2.09. The standard InChI is InChI=1S/C17H29NO2/c1-4-5-6-7-8-13-18-14-15(2)20-17-11-9-16(19-3)10-12-17/h9-12,15,18H,4-8,13-14H2,1-3H3. The van der Waals surface area contributed by atoms with E-state index in [4.69, 9.17) is 9.47 Å². The molecule has 0 saturated heterocycles. The van der Waals surface area contributed by atoms with E-state index < -0.39 is 0 Å². The summed E-state index contributed by atoms with van der Waals surface area (Å²) in [4.78, 5) is 0. The molecule has 1 unspecified atom stereocenters. The molecule has 20 heavy (non-hydrogen) atoms. The molecule has 0 spiro atoms. The lowest BCUT2D eigenvalue weighted by Crippen LogP contribution is -2.29. The van der Waals surface area contributed by atoms with Gasteiger partial charge in [-0.3, -0.25) is 0 Å². The average Bonchev–Trinajstić information content (AvgIpc) is 2.47. The Hall–Kier alpha value is -1.22. The van der Waals surface area contributed by atoms with E-state index >= 15 is 0 Å². The second-order valence-electron chi connectivity index (χ2n) is 5.22. The van der Waals surface area contributed by atoms with Crippen LogP contribution in [0.5, 0.6) is 11.5 Å². The van der Waals surface area contributed by atoms with E-state index in [-0.39, 0.29) is 6.10 Å². The number of rotatable bonds is 11. The van der Waals surface area contributed by atoms with Gasteiger partial charge in [-0.15, -0.1) is 0 Å². The van der Waals surface area contributed by atoms with Gasteiger partial charge in [0.1, 0.15) is 17.6 Å². The molecular weight excluding hydrogens is 250 g/mol. The van der Waals surface area contributed by atoms with Gasteiger partial charge < -0.3 is 14.8 Å². The van der Waals surface area contributed by atoms with Gasteiger partial charge in [0.25, 0.3) is 0 Å². The topological polar surface area (TPSA) is 30.5 Å². The molecule has 0 radical (unpaired) electrons. The monoisotopic (exact) mass is 279 g/mol. The zero-order valence-electron chi connectivity index (χ0n) is 13.2. The quantitative estimate of drug-likeness (QED) is 0.621. The molecule has 1 N–H and O–H groups in total. The predicted octanol–water partition coefficient (Wildman–Crippen LogP) is 4.02. The van der Waals surface area contributed by atoms with E-state index in [2.05, 4.69) is 19.2 Å². The molecule has 0 bridgehead atoms. The minimum Gasteiger partial charge on any atom is -0.497 e. The third kappa shape index (κ3) is 7.39. The number of unbranched alkanes of at least 4 members (excludes halogenated alkanes) is 4. The maximum Gasteiger partial charge on any atom is 0.120 e. The summed E-state index contributed by atoms with van der Waals surface area (Å²) >= 11 is 0. The molecule has 3 heteroatoms. The summed E-state index contributed by atoms with van der Waals surface area (Å²) in [5, 5.41) is 3.46. The number of methoxy groups -OCH3 is 1. The van der Waals surface area contributed by atoms with Crippen molar-refractivity contribution in [3.05, 3.63) is 24.3 Å². The summed E-state index contributed by atoms with van der Waals surface area (Å²) in [5.41, 5.74) is 0. The van der Waals surface area contributed by atoms with Gasteiger partial charge in [0.2, 0.25) is 0 Å². The van der Waals surface area contributed by atoms with Crippen molar-refractivity contribution in [1.82, 2.24) is 5.32 Å². The Balaban J connectivity index is 2.08. The number of ether oxygens (including phenoxy) is 2. The Morgan fingerprint density at radius 2 is 1.65 bits per heavy atom. The van der Waals surface area contributed by atoms with Crippen LogP contribution in [-0.2, 0) is 0 Å². The fourth-order valence-electron chi connectivity index (χ4n) is 2.09. The lowest BCUT2D eigenvalue weighted by atomic mass is 10.1. The molecule has 0 amide bonds. The Kier molecular flexibility index (Phi) is 8.88. The molecule has 0 fully saturated rings. The molecule has 0 aromatic heterocycles. The zero-order chi connectivity index (χ0) is 14.6. The highest BCUT2D eigenvalue weighted by atomic mass is 16.5. The van der Waals surface area contributed by atoms with Crippen LogP contribution >= 0.6 is 0 Å². The van der Waals surface area contributed by atoms with Crippen molar-refractivity contribution in [1.29, 1.82) is 0 Å². The first-order valence-electron chi connectivity index (χ1n) is 7.77. The molecule has 0 aliphatic rings. The second-order valence-corrected chi connectivity index (χ2v) is 5.22. The van der Waals surface area contributed by atoms with Crippen molar-refractivity contribution in [2.24, 2.45) is 0 Å². The number of hydrogen-bond acceptors (Lipinski definition) is 3. The lowest BCUT2D eigenvalue weighted by molar-refractivity contribution is 0.217. The van der Waals surface area contributed by atoms with Crippen molar-refractivity contribution in [3.8, 4) is 11.5 Å². The summed E-state index contributed by atoms with van der Waals surface area (Å²) in [6.07, 6.45) is 6.79. The summed E-state index contributed by atoms with van der Waals surface area (Å²) in [6.45, 7) is 6.31. The molecule has 1 aromatic carbocycles. The molecule has 0 saturated carbocycles. The van der Waals surface area contributed by atoms with Crippen LogP contribution in [0.4, 0.5) is 0 Å². The van der Waals surface area contributed by atoms with Crippen LogP contribution in [0.3, 0.4) is 0 Å². The average molecular weight is 279 g/mol. The molecule has 0 aliphatic heterocycles. The van der Waals surface area contributed by atoms with Crippen LogP contribution in [0.25, 0.3) is 0 Å². The smallest absolute Gasteiger partial charge is 0.120 e. The van der Waals surface area contributed by atoms with Gasteiger partial charge in [0.15, 0.2) is 0 Å². The summed E-state index contributed by atoms with van der Waals surface area (Å²) in [5.74, 6) is 1.75. The summed E-state index contributed by atoms with van der Waals surface area (Å²) in [7, 11) is 1.67. The Bertz CT molecular complexity index is 337. The van der Waals surface area contributed by atoms with Gasteiger partial charge in [-0.1, -0.05) is 32.6 Å². The first kappa shape index (κ1) is 16.8. The normalized spacial score (nSPS) is 12.2. The number of benzene rings is 1. The van der Waals surface area contributed by atoms with Crippen molar-refractivity contribution in [2.45, 2.75) is 52.1 Å². The van der Waals surface area contributed by atoms with Crippen LogP contribution in [0, 0.1) is 0 Å². The molecule has 1 rings (SSSR count). The highest BCUT2D eigenvalue weighted by molar-refractivity contribution is 5.31. The Morgan fingerprint density at radius 1 is 1.00 bits per heavy atom. The summed E-state index contributed by atoms with van der Waals surface area (Å²) in [6, 6.07) is 7.73. The van der Waals surface area contributed by atoms with Crippen molar-refractivity contribution in [2.75, 3.05) is 20.2 Å². The first-order chi connectivity index (χ1) is 9.76. The third-order valence-corrected chi connectivity index (χ3v) is 3.29. The Morgan fingerprint density at radius 3 is 2.30 bits per heavy atom. The SMILES string of the molecule is CCCCCCCNCC(C)Oc1ccc(OC)cc1. The zero-order valence-corrected chi connectivity index (χ0v) is 13.2. The van der Waals surface area contributed by atoms with E-state index in [1.807, 2.05) is 24.3 Å². The largest absolute Gasteiger partial charge is 0.497 e. The lowest BCUT2D eigenvalue weighted by Gasteiger charge is -2.15. The maximum atomic E-state index is 5.84. The highest BCUT2D eigenvalue weighted by Crippen LogP contribution is 2.17. The van der Waals surface area contributed by atoms with Gasteiger partial charge >= 0.3 is 0 Å². The second kappa shape index (κ2) is 10.6. The summed E-state index contributed by atoms with van der Waals surface area (Å²) < 4.78 is 11.0. The molecular formula is C17H29NO2. The molecule has 3 nitrogen and oxygen atoms in total. The van der Waals surface area contributed by atoms with Crippen molar-refractivity contribution < 1.29 is 9.47 Å². The fraction of sp³-hybridized carbons (Fsp3) is 0.647. The maximum absolute atomic E-state index is 5.84. The molecule has 1 atom stereocenters. The molecule has 114 valence electrons. The van der Waals surface area contributed by atoms with Crippen molar-refractivity contribution >= 4 is 0 Å². The molecule has 0 heterocycles. The van der Waals surface area contributed by atoms with Gasteiger partial charge in [-0.2, -0.15) is 0 Å². The van der Waals surface area contributed by atoms with E-state index in [9.17, 15) is 0 Å². The van der Waals surface area contributed by atoms with Crippen molar-refractivity contribution in [3.63, 3.8) is 0 Å². The van der Waals surface area contributed by atoms with Crippen LogP contribution < -0.4 is 14.8 Å². The van der Waals surface area contributed by atoms with Crippen LogP contribution in [0.2, 0.25) is 0 Å². The minimum absolute atomic E-state index is 0.180. The van der Waals surface area contributed by atoms with Gasteiger partial charge in [0.05, 0.1) is 7.11 Å². The van der Waals surface area contributed by atoms with Gasteiger partial charge in [-0.05, 0) is 44.2 Å². The number of nitrogens with one attached hydrogen (secondary N) is 1. The first-order valence-corrected chi connectivity index (χ1v) is 7.77. The number of hydrogen-bond donors (Lipinski definition) is 1. The van der Waals surface area contributed by atoms with E-state index in [0.717, 1.165) is 24.6 Å². The third-order valence-electron chi connectivity index (χ3n) is 3.29.